The Bertz CT molecular complexity index is 306. The van der Waals surface area contributed by atoms with Crippen molar-refractivity contribution in [3.05, 3.63) is 23.9 Å². The van der Waals surface area contributed by atoms with Gasteiger partial charge in [0.25, 0.3) is 0 Å². The molecule has 13 heavy (non-hydrogen) atoms. The van der Waals surface area contributed by atoms with Crippen LogP contribution in [-0.2, 0) is 0 Å². The van der Waals surface area contributed by atoms with Gasteiger partial charge in [-0.1, -0.05) is 12.2 Å². The summed E-state index contributed by atoms with van der Waals surface area (Å²) in [5.41, 5.74) is 17.8. The van der Waals surface area contributed by atoms with E-state index in [9.17, 15) is 0 Å². The summed E-state index contributed by atoms with van der Waals surface area (Å²) in [6, 6.07) is 1.79. The van der Waals surface area contributed by atoms with Crippen molar-refractivity contribution in [2.45, 2.75) is 6.42 Å². The maximum Gasteiger partial charge on any atom is 0.146 e. The molecule has 1 aromatic rings. The van der Waals surface area contributed by atoms with Crippen molar-refractivity contribution < 1.29 is 0 Å². The lowest BCUT2D eigenvalue weighted by molar-refractivity contribution is 1.01. The average molecular weight is 178 g/mol. The molecular formula is C9H14N4. The molecule has 4 heteroatoms. The van der Waals surface area contributed by atoms with E-state index in [1.165, 1.54) is 0 Å². The summed E-state index contributed by atoms with van der Waals surface area (Å²) in [4.78, 5) is 3.93. The first-order chi connectivity index (χ1) is 6.24. The molecule has 70 valence electrons. The highest BCUT2D eigenvalue weighted by Gasteiger charge is 1.94. The summed E-state index contributed by atoms with van der Waals surface area (Å²) in [5.74, 6) is 0.371. The molecule has 0 radical (unpaired) electrons. The molecule has 0 saturated carbocycles. The minimum Gasteiger partial charge on any atom is -0.396 e. The number of anilines is 2. The molecule has 0 bridgehead atoms. The molecule has 0 atom stereocenters. The van der Waals surface area contributed by atoms with Crippen molar-refractivity contribution >= 4 is 17.6 Å². The Labute approximate surface area is 77.4 Å². The van der Waals surface area contributed by atoms with Crippen molar-refractivity contribution in [2.75, 3.05) is 18.0 Å². The first-order valence-electron chi connectivity index (χ1n) is 4.11. The normalized spacial score (nSPS) is 10.8. The highest BCUT2D eigenvalue weighted by atomic mass is 14.9. The fraction of sp³-hybridized carbons (Fsp3) is 0.222. The van der Waals surface area contributed by atoms with Crippen LogP contribution in [0.4, 0.5) is 11.5 Å². The number of hydrogen-bond acceptors (Lipinski definition) is 4. The fourth-order valence-corrected chi connectivity index (χ4v) is 0.916. The molecule has 0 saturated heterocycles. The van der Waals surface area contributed by atoms with E-state index >= 15 is 0 Å². The van der Waals surface area contributed by atoms with Crippen molar-refractivity contribution in [2.24, 2.45) is 5.73 Å². The second-order valence-corrected chi connectivity index (χ2v) is 2.72. The Morgan fingerprint density at radius 3 is 2.77 bits per heavy atom. The van der Waals surface area contributed by atoms with Gasteiger partial charge in [0, 0.05) is 6.20 Å². The largest absolute Gasteiger partial charge is 0.396 e. The van der Waals surface area contributed by atoms with E-state index in [1.54, 1.807) is 12.3 Å². The average Bonchev–Trinajstić information content (AvgIpc) is 2.12. The zero-order valence-electron chi connectivity index (χ0n) is 7.40. The zero-order chi connectivity index (χ0) is 9.68. The lowest BCUT2D eigenvalue weighted by Gasteiger charge is -1.99. The molecule has 4 nitrogen and oxygen atoms in total. The van der Waals surface area contributed by atoms with E-state index < -0.39 is 0 Å². The van der Waals surface area contributed by atoms with Crippen LogP contribution in [0.2, 0.25) is 0 Å². The summed E-state index contributed by atoms with van der Waals surface area (Å²) in [5, 5.41) is 0. The van der Waals surface area contributed by atoms with Crippen LogP contribution in [0.15, 0.2) is 18.3 Å². The molecule has 1 rings (SSSR count). The second kappa shape index (κ2) is 4.47. The van der Waals surface area contributed by atoms with E-state index in [2.05, 4.69) is 4.98 Å². The molecule has 0 spiro atoms. The van der Waals surface area contributed by atoms with E-state index in [1.807, 2.05) is 12.2 Å². The van der Waals surface area contributed by atoms with Gasteiger partial charge in [-0.3, -0.25) is 0 Å². The van der Waals surface area contributed by atoms with Gasteiger partial charge < -0.3 is 17.2 Å². The number of hydrogen-bond donors (Lipinski definition) is 3. The Morgan fingerprint density at radius 1 is 1.38 bits per heavy atom. The summed E-state index contributed by atoms with van der Waals surface area (Å²) in [7, 11) is 0. The van der Waals surface area contributed by atoms with Crippen LogP contribution < -0.4 is 17.2 Å². The summed E-state index contributed by atoms with van der Waals surface area (Å²) in [6.45, 7) is 0.647. The van der Waals surface area contributed by atoms with Crippen LogP contribution in [0.1, 0.15) is 12.0 Å². The molecular weight excluding hydrogens is 164 g/mol. The molecule has 0 aliphatic rings. The number of nitrogens with zero attached hydrogens (tertiary/aromatic N) is 1. The van der Waals surface area contributed by atoms with Crippen LogP contribution in [0.25, 0.3) is 6.08 Å². The SMILES string of the molecule is NCCC=Cc1cnc(N)c(N)c1. The van der Waals surface area contributed by atoms with Crippen LogP contribution in [0.5, 0.6) is 0 Å². The van der Waals surface area contributed by atoms with Crippen LogP contribution >= 0.6 is 0 Å². The Hall–Kier alpha value is -1.55. The Morgan fingerprint density at radius 2 is 2.15 bits per heavy atom. The predicted molar refractivity (Wildman–Crippen MR) is 55.8 cm³/mol. The smallest absolute Gasteiger partial charge is 0.146 e. The van der Waals surface area contributed by atoms with Gasteiger partial charge in [-0.15, -0.1) is 0 Å². The Balaban J connectivity index is 2.73. The van der Waals surface area contributed by atoms with Crippen LogP contribution in [0.3, 0.4) is 0 Å². The first kappa shape index (κ1) is 9.54. The summed E-state index contributed by atoms with van der Waals surface area (Å²) >= 11 is 0. The van der Waals surface area contributed by atoms with E-state index in [0.717, 1.165) is 12.0 Å². The molecule has 6 N–H and O–H groups in total. The van der Waals surface area contributed by atoms with E-state index in [4.69, 9.17) is 17.2 Å². The Kier molecular flexibility index (Phi) is 3.28. The number of nitrogen functional groups attached to an aromatic ring is 2. The maximum atomic E-state index is 5.58. The van der Waals surface area contributed by atoms with Gasteiger partial charge in [-0.25, -0.2) is 4.98 Å². The summed E-state index contributed by atoms with van der Waals surface area (Å²) < 4.78 is 0. The molecule has 0 fully saturated rings. The van der Waals surface area contributed by atoms with E-state index in [-0.39, 0.29) is 0 Å². The molecule has 0 aliphatic carbocycles. The highest BCUT2D eigenvalue weighted by Crippen LogP contribution is 2.13. The number of pyridine rings is 1. The molecule has 0 amide bonds. The predicted octanol–water partition coefficient (Wildman–Crippen LogP) is 0.608. The monoisotopic (exact) mass is 178 g/mol. The topological polar surface area (TPSA) is 90.9 Å². The quantitative estimate of drug-likeness (QED) is 0.632. The second-order valence-electron chi connectivity index (χ2n) is 2.72. The zero-order valence-corrected chi connectivity index (χ0v) is 7.40. The molecule has 1 aromatic heterocycles. The fourth-order valence-electron chi connectivity index (χ4n) is 0.916. The van der Waals surface area contributed by atoms with Gasteiger partial charge in [0.2, 0.25) is 0 Å². The maximum absolute atomic E-state index is 5.58. The van der Waals surface area contributed by atoms with Crippen molar-refractivity contribution in [1.82, 2.24) is 4.98 Å². The van der Waals surface area contributed by atoms with Gasteiger partial charge in [0.15, 0.2) is 0 Å². The van der Waals surface area contributed by atoms with Crippen molar-refractivity contribution in [1.29, 1.82) is 0 Å². The van der Waals surface area contributed by atoms with Gasteiger partial charge in [-0.2, -0.15) is 0 Å². The minimum atomic E-state index is 0.371. The summed E-state index contributed by atoms with van der Waals surface area (Å²) in [6.07, 6.45) is 6.44. The van der Waals surface area contributed by atoms with E-state index in [0.29, 0.717) is 18.1 Å². The van der Waals surface area contributed by atoms with Crippen molar-refractivity contribution in [3.8, 4) is 0 Å². The highest BCUT2D eigenvalue weighted by molar-refractivity contribution is 5.63. The minimum absolute atomic E-state index is 0.371. The third kappa shape index (κ3) is 2.76. The van der Waals surface area contributed by atoms with Gasteiger partial charge >= 0.3 is 0 Å². The first-order valence-corrected chi connectivity index (χ1v) is 4.11. The molecule has 0 aromatic carbocycles. The van der Waals surface area contributed by atoms with Gasteiger partial charge in [-0.05, 0) is 24.6 Å². The number of aromatic nitrogens is 1. The number of rotatable bonds is 3. The molecule has 0 unspecified atom stereocenters. The lowest BCUT2D eigenvalue weighted by Crippen LogP contribution is -1.97. The molecule has 0 aliphatic heterocycles. The van der Waals surface area contributed by atoms with Crippen LogP contribution in [-0.4, -0.2) is 11.5 Å². The van der Waals surface area contributed by atoms with Gasteiger partial charge in [0.05, 0.1) is 5.69 Å². The molecule has 1 heterocycles. The lowest BCUT2D eigenvalue weighted by atomic mass is 10.2. The van der Waals surface area contributed by atoms with Crippen LogP contribution in [0, 0.1) is 0 Å². The third-order valence-corrected chi connectivity index (χ3v) is 1.61. The van der Waals surface area contributed by atoms with Crippen molar-refractivity contribution in [3.63, 3.8) is 0 Å². The standard InChI is InChI=1S/C9H14N4/c10-4-2-1-3-7-5-8(11)9(12)13-6-7/h1,3,5-6H,2,4,10-11H2,(H2,12,13). The number of nitrogens with two attached hydrogens (primary N) is 3. The van der Waals surface area contributed by atoms with Gasteiger partial charge in [0.1, 0.15) is 5.82 Å². The third-order valence-electron chi connectivity index (χ3n) is 1.61.